The van der Waals surface area contributed by atoms with E-state index in [1.165, 1.54) is 18.1 Å². The monoisotopic (exact) mass is 454 g/mol. The molecule has 2 heterocycles. The zero-order valence-electron chi connectivity index (χ0n) is 16.3. The highest BCUT2D eigenvalue weighted by Gasteiger charge is 2.47. The third kappa shape index (κ3) is 3.76. The summed E-state index contributed by atoms with van der Waals surface area (Å²) in [7, 11) is 1.44. The van der Waals surface area contributed by atoms with Crippen molar-refractivity contribution in [2.24, 2.45) is 0 Å². The Balaban J connectivity index is 1.93. The highest BCUT2D eigenvalue weighted by molar-refractivity contribution is 6.51. The van der Waals surface area contributed by atoms with E-state index in [1.807, 2.05) is 0 Å². The Morgan fingerprint density at radius 1 is 1.06 bits per heavy atom. The van der Waals surface area contributed by atoms with E-state index in [-0.39, 0.29) is 16.9 Å². The number of hydrogen-bond acceptors (Lipinski definition) is 5. The summed E-state index contributed by atoms with van der Waals surface area (Å²) in [6.45, 7) is 0. The Morgan fingerprint density at radius 2 is 1.81 bits per heavy atom. The van der Waals surface area contributed by atoms with E-state index >= 15 is 0 Å². The number of carbonyl (C=O) groups excluding carboxylic acids is 2. The van der Waals surface area contributed by atoms with Gasteiger partial charge in [-0.05, 0) is 54.6 Å². The van der Waals surface area contributed by atoms with Crippen LogP contribution in [0.15, 0.2) is 72.4 Å². The average molecular weight is 455 g/mol. The van der Waals surface area contributed by atoms with Crippen molar-refractivity contribution in [3.05, 3.63) is 93.7 Å². The Morgan fingerprint density at radius 3 is 2.45 bits per heavy atom. The fraction of sp³-hybridized carbons (Fsp3) is 0.0870. The van der Waals surface area contributed by atoms with Crippen LogP contribution in [0.2, 0.25) is 10.0 Å². The number of pyridine rings is 1. The second kappa shape index (κ2) is 8.41. The lowest BCUT2D eigenvalue weighted by atomic mass is 9.98. The number of hydrogen-bond donors (Lipinski definition) is 1. The quantitative estimate of drug-likeness (QED) is 0.340. The lowest BCUT2D eigenvalue weighted by molar-refractivity contribution is -0.132. The Labute approximate surface area is 188 Å². The molecule has 1 unspecified atom stereocenters. The van der Waals surface area contributed by atoms with E-state index in [0.717, 1.165) is 0 Å². The summed E-state index contributed by atoms with van der Waals surface area (Å²) < 4.78 is 5.21. The minimum Gasteiger partial charge on any atom is -0.507 e. The van der Waals surface area contributed by atoms with Gasteiger partial charge in [0.1, 0.15) is 17.6 Å². The maximum absolute atomic E-state index is 13.1. The summed E-state index contributed by atoms with van der Waals surface area (Å²) in [5.74, 6) is -1.62. The maximum Gasteiger partial charge on any atom is 0.300 e. The fourth-order valence-electron chi connectivity index (χ4n) is 3.48. The number of carbonyl (C=O) groups is 2. The number of aliphatic hydroxyl groups excluding tert-OH is 1. The van der Waals surface area contributed by atoms with Crippen LogP contribution in [0.25, 0.3) is 5.76 Å². The number of aromatic nitrogens is 1. The normalized spacial score (nSPS) is 17.8. The minimum absolute atomic E-state index is 0.0805. The van der Waals surface area contributed by atoms with Crippen LogP contribution in [0, 0.1) is 0 Å². The van der Waals surface area contributed by atoms with Crippen LogP contribution in [0.5, 0.6) is 5.75 Å². The first-order valence-electron chi connectivity index (χ1n) is 9.23. The smallest absolute Gasteiger partial charge is 0.300 e. The van der Waals surface area contributed by atoms with Gasteiger partial charge in [-0.1, -0.05) is 29.3 Å². The predicted molar refractivity (Wildman–Crippen MR) is 118 cm³/mol. The number of amides is 1. The highest BCUT2D eigenvalue weighted by Crippen LogP contribution is 2.42. The zero-order chi connectivity index (χ0) is 22.1. The molecule has 31 heavy (non-hydrogen) atoms. The Bertz CT molecular complexity index is 1190. The third-order valence-corrected chi connectivity index (χ3v) is 5.51. The van der Waals surface area contributed by atoms with Crippen LogP contribution in [0.4, 0.5) is 5.69 Å². The summed E-state index contributed by atoms with van der Waals surface area (Å²) in [5.41, 5.74) is 1.09. The molecule has 6 nitrogen and oxygen atoms in total. The summed E-state index contributed by atoms with van der Waals surface area (Å²) in [6, 6.07) is 15.3. The molecule has 1 aromatic heterocycles. The number of anilines is 1. The molecule has 8 heteroatoms. The second-order valence-electron chi connectivity index (χ2n) is 6.75. The zero-order valence-corrected chi connectivity index (χ0v) is 17.8. The number of nitrogens with zero attached hydrogens (tertiary/aromatic N) is 2. The molecular formula is C23H16Cl2N2O4. The molecule has 1 aliphatic rings. The average Bonchev–Trinajstić information content (AvgIpc) is 3.05. The van der Waals surface area contributed by atoms with Crippen molar-refractivity contribution < 1.29 is 19.4 Å². The summed E-state index contributed by atoms with van der Waals surface area (Å²) >= 11 is 12.1. The molecule has 0 spiro atoms. The number of ether oxygens (including phenoxy) is 1. The molecule has 1 N–H and O–H groups in total. The molecule has 1 fully saturated rings. The van der Waals surface area contributed by atoms with Crippen molar-refractivity contribution in [3.8, 4) is 5.75 Å². The predicted octanol–water partition coefficient (Wildman–Crippen LogP) is 5.02. The van der Waals surface area contributed by atoms with Crippen LogP contribution in [-0.2, 0) is 9.59 Å². The first kappa shape index (κ1) is 20.9. The van der Waals surface area contributed by atoms with Gasteiger partial charge in [0.2, 0.25) is 0 Å². The molecule has 3 aromatic rings. The third-order valence-electron chi connectivity index (χ3n) is 4.94. The largest absolute Gasteiger partial charge is 0.507 e. The van der Waals surface area contributed by atoms with Gasteiger partial charge in [0.25, 0.3) is 11.7 Å². The lowest BCUT2D eigenvalue weighted by Gasteiger charge is -2.24. The molecule has 1 atom stereocenters. The number of ketones is 1. The van der Waals surface area contributed by atoms with Gasteiger partial charge < -0.3 is 9.84 Å². The maximum atomic E-state index is 13.1. The minimum atomic E-state index is -0.927. The van der Waals surface area contributed by atoms with Crippen LogP contribution in [0.1, 0.15) is 17.3 Å². The van der Waals surface area contributed by atoms with Crippen molar-refractivity contribution >= 4 is 46.3 Å². The van der Waals surface area contributed by atoms with Gasteiger partial charge in [0.05, 0.1) is 23.4 Å². The molecule has 156 valence electrons. The molecule has 0 radical (unpaired) electrons. The number of halogens is 2. The molecule has 2 aromatic carbocycles. The van der Waals surface area contributed by atoms with E-state index in [9.17, 15) is 14.7 Å². The number of benzene rings is 2. The van der Waals surface area contributed by atoms with Gasteiger partial charge >= 0.3 is 0 Å². The van der Waals surface area contributed by atoms with Crippen molar-refractivity contribution in [2.45, 2.75) is 6.04 Å². The van der Waals surface area contributed by atoms with Crippen molar-refractivity contribution in [3.63, 3.8) is 0 Å². The number of methoxy groups -OCH3 is 1. The van der Waals surface area contributed by atoms with Crippen molar-refractivity contribution in [1.29, 1.82) is 0 Å². The second-order valence-corrected chi connectivity index (χ2v) is 7.59. The SMILES string of the molecule is COc1cc(/C(O)=C2/C(=O)C(=O)N(c3ccc(Cl)cc3)C2c2ccccn2)ccc1Cl. The molecule has 1 aliphatic heterocycles. The van der Waals surface area contributed by atoms with E-state index in [0.29, 0.717) is 27.2 Å². The van der Waals surface area contributed by atoms with Crippen LogP contribution < -0.4 is 9.64 Å². The number of Topliss-reactive ketones (excluding diaryl/α,β-unsaturated/α-hetero) is 1. The standard InChI is InChI=1S/C23H16Cl2N2O4/c1-31-18-12-13(5-10-16(18)25)21(28)19-20(17-4-2-3-11-26-17)27(23(30)22(19)29)15-8-6-14(24)7-9-15/h2-12,20,28H,1H3/b21-19-. The molecule has 1 saturated heterocycles. The van der Waals surface area contributed by atoms with E-state index in [1.54, 1.807) is 60.8 Å². The van der Waals surface area contributed by atoms with Crippen molar-refractivity contribution in [1.82, 2.24) is 4.98 Å². The number of rotatable bonds is 4. The first-order chi connectivity index (χ1) is 14.9. The van der Waals surface area contributed by atoms with E-state index < -0.39 is 17.7 Å². The van der Waals surface area contributed by atoms with Crippen LogP contribution >= 0.6 is 23.2 Å². The topological polar surface area (TPSA) is 79.7 Å². The summed E-state index contributed by atoms with van der Waals surface area (Å²) in [5, 5.41) is 11.9. The Kier molecular flexibility index (Phi) is 5.67. The van der Waals surface area contributed by atoms with Crippen molar-refractivity contribution in [2.75, 3.05) is 12.0 Å². The highest BCUT2D eigenvalue weighted by atomic mass is 35.5. The molecule has 4 rings (SSSR count). The lowest BCUT2D eigenvalue weighted by Crippen LogP contribution is -2.29. The molecule has 0 bridgehead atoms. The van der Waals surface area contributed by atoms with Gasteiger partial charge in [-0.3, -0.25) is 19.5 Å². The summed E-state index contributed by atoms with van der Waals surface area (Å²) in [6.07, 6.45) is 1.56. The van der Waals surface area contributed by atoms with Gasteiger partial charge in [0, 0.05) is 22.5 Å². The van der Waals surface area contributed by atoms with Gasteiger partial charge in [-0.15, -0.1) is 0 Å². The number of aliphatic hydroxyl groups is 1. The summed E-state index contributed by atoms with van der Waals surface area (Å²) in [4.78, 5) is 31.7. The first-order valence-corrected chi connectivity index (χ1v) is 9.99. The van der Waals surface area contributed by atoms with E-state index in [2.05, 4.69) is 4.98 Å². The van der Waals surface area contributed by atoms with Gasteiger partial charge in [-0.2, -0.15) is 0 Å². The molecular weight excluding hydrogens is 439 g/mol. The Hall–Kier alpha value is -3.35. The van der Waals surface area contributed by atoms with E-state index in [4.69, 9.17) is 27.9 Å². The van der Waals surface area contributed by atoms with Gasteiger partial charge in [0.15, 0.2) is 0 Å². The van der Waals surface area contributed by atoms with Gasteiger partial charge in [-0.25, -0.2) is 0 Å². The fourth-order valence-corrected chi connectivity index (χ4v) is 3.80. The molecule has 1 amide bonds. The molecule has 0 saturated carbocycles. The van der Waals surface area contributed by atoms with Crippen LogP contribution in [-0.4, -0.2) is 28.9 Å². The molecule has 0 aliphatic carbocycles. The van der Waals surface area contributed by atoms with Crippen LogP contribution in [0.3, 0.4) is 0 Å².